The zero-order chi connectivity index (χ0) is 14.3. The Morgan fingerprint density at radius 2 is 1.65 bits per heavy atom. The van der Waals surface area contributed by atoms with E-state index in [1.165, 1.54) is 4.90 Å². The van der Waals surface area contributed by atoms with Crippen molar-refractivity contribution in [2.24, 2.45) is 11.8 Å². The summed E-state index contributed by atoms with van der Waals surface area (Å²) in [5.41, 5.74) is 1.86. The third kappa shape index (κ3) is 1.95. The van der Waals surface area contributed by atoms with Crippen LogP contribution in [0.3, 0.4) is 0 Å². The molecule has 1 N–H and O–H groups in total. The first-order chi connectivity index (χ1) is 9.63. The number of rotatable bonds is 3. The highest BCUT2D eigenvalue weighted by Crippen LogP contribution is 2.41. The van der Waals surface area contributed by atoms with E-state index >= 15 is 0 Å². The molecule has 1 saturated heterocycles. The third-order valence-electron chi connectivity index (χ3n) is 4.68. The Hall–Kier alpha value is -1.68. The van der Waals surface area contributed by atoms with E-state index in [-0.39, 0.29) is 29.7 Å². The zero-order valence-corrected chi connectivity index (χ0v) is 11.9. The summed E-state index contributed by atoms with van der Waals surface area (Å²) in [6.07, 6.45) is 2.72. The van der Waals surface area contributed by atoms with Gasteiger partial charge in [-0.25, -0.2) is 0 Å². The van der Waals surface area contributed by atoms with Gasteiger partial charge in [0.05, 0.1) is 17.5 Å². The fourth-order valence-corrected chi connectivity index (χ4v) is 3.32. The Balaban J connectivity index is 1.86. The fourth-order valence-electron chi connectivity index (χ4n) is 3.32. The van der Waals surface area contributed by atoms with Crippen LogP contribution >= 0.6 is 0 Å². The van der Waals surface area contributed by atoms with Crippen molar-refractivity contribution in [3.63, 3.8) is 0 Å². The SMILES string of the molecule is CNC(C)c1ccc(N2C(=O)C3CCCC3C2=O)cc1. The van der Waals surface area contributed by atoms with Crippen molar-refractivity contribution in [3.8, 4) is 0 Å². The van der Waals surface area contributed by atoms with E-state index in [2.05, 4.69) is 12.2 Å². The molecule has 1 aromatic rings. The molecule has 4 nitrogen and oxygen atoms in total. The van der Waals surface area contributed by atoms with Gasteiger partial charge in [-0.15, -0.1) is 0 Å². The van der Waals surface area contributed by atoms with E-state index in [1.54, 1.807) is 0 Å². The molecular weight excluding hydrogens is 252 g/mol. The molecule has 4 heteroatoms. The number of hydrogen-bond donors (Lipinski definition) is 1. The molecule has 1 aliphatic carbocycles. The molecular formula is C16H20N2O2. The average molecular weight is 272 g/mol. The predicted molar refractivity (Wildman–Crippen MR) is 77.2 cm³/mol. The summed E-state index contributed by atoms with van der Waals surface area (Å²) in [7, 11) is 1.91. The highest BCUT2D eigenvalue weighted by Gasteiger charge is 2.50. The van der Waals surface area contributed by atoms with Crippen molar-refractivity contribution < 1.29 is 9.59 Å². The molecule has 3 atom stereocenters. The van der Waals surface area contributed by atoms with Crippen molar-refractivity contribution in [2.75, 3.05) is 11.9 Å². The lowest BCUT2D eigenvalue weighted by molar-refractivity contribution is -0.122. The van der Waals surface area contributed by atoms with Crippen molar-refractivity contribution in [3.05, 3.63) is 29.8 Å². The van der Waals surface area contributed by atoms with Crippen molar-refractivity contribution >= 4 is 17.5 Å². The van der Waals surface area contributed by atoms with Gasteiger partial charge in [0.15, 0.2) is 0 Å². The van der Waals surface area contributed by atoms with Crippen LogP contribution in [0, 0.1) is 11.8 Å². The second-order valence-corrected chi connectivity index (χ2v) is 5.76. The Kier molecular flexibility index (Phi) is 3.34. The van der Waals surface area contributed by atoms with Gasteiger partial charge in [-0.1, -0.05) is 18.6 Å². The lowest BCUT2D eigenvalue weighted by Gasteiger charge is -2.17. The maximum atomic E-state index is 12.4. The largest absolute Gasteiger partial charge is 0.313 e. The van der Waals surface area contributed by atoms with Crippen LogP contribution in [-0.4, -0.2) is 18.9 Å². The van der Waals surface area contributed by atoms with Gasteiger partial charge in [0.2, 0.25) is 11.8 Å². The predicted octanol–water partition coefficient (Wildman–Crippen LogP) is 2.26. The topological polar surface area (TPSA) is 49.4 Å². The number of nitrogens with zero attached hydrogens (tertiary/aromatic N) is 1. The second-order valence-electron chi connectivity index (χ2n) is 5.76. The average Bonchev–Trinajstić information content (AvgIpc) is 3.03. The second kappa shape index (κ2) is 5.02. The van der Waals surface area contributed by atoms with Crippen LogP contribution < -0.4 is 10.2 Å². The molecule has 0 aromatic heterocycles. The molecule has 0 bridgehead atoms. The molecule has 1 aliphatic heterocycles. The van der Waals surface area contributed by atoms with Gasteiger partial charge < -0.3 is 5.32 Å². The Bertz CT molecular complexity index is 516. The lowest BCUT2D eigenvalue weighted by Crippen LogP contribution is -2.31. The summed E-state index contributed by atoms with van der Waals surface area (Å²) in [5, 5.41) is 3.17. The lowest BCUT2D eigenvalue weighted by atomic mass is 10.00. The molecule has 2 amide bonds. The molecule has 3 unspecified atom stereocenters. The molecule has 106 valence electrons. The van der Waals surface area contributed by atoms with Crippen LogP contribution in [0.1, 0.15) is 37.8 Å². The van der Waals surface area contributed by atoms with Gasteiger partial charge in [-0.3, -0.25) is 14.5 Å². The summed E-state index contributed by atoms with van der Waals surface area (Å²) < 4.78 is 0. The number of carbonyl (C=O) groups excluding carboxylic acids is 2. The number of fused-ring (bicyclic) bond motifs is 1. The maximum absolute atomic E-state index is 12.4. The van der Waals surface area contributed by atoms with E-state index in [9.17, 15) is 9.59 Å². The number of hydrogen-bond acceptors (Lipinski definition) is 3. The Labute approximate surface area is 119 Å². The smallest absolute Gasteiger partial charge is 0.237 e. The summed E-state index contributed by atoms with van der Waals surface area (Å²) >= 11 is 0. The molecule has 2 fully saturated rings. The normalized spacial score (nSPS) is 27.0. The van der Waals surface area contributed by atoms with Crippen molar-refractivity contribution in [2.45, 2.75) is 32.2 Å². The number of nitrogens with one attached hydrogen (secondary N) is 1. The molecule has 2 aliphatic rings. The minimum absolute atomic E-state index is 0.00749. The molecule has 0 spiro atoms. The third-order valence-corrected chi connectivity index (χ3v) is 4.68. The summed E-state index contributed by atoms with van der Waals surface area (Å²) in [6.45, 7) is 2.07. The molecule has 0 radical (unpaired) electrons. The van der Waals surface area contributed by atoms with E-state index in [0.29, 0.717) is 5.69 Å². The van der Waals surface area contributed by atoms with Gasteiger partial charge in [0.25, 0.3) is 0 Å². The molecule has 3 rings (SSSR count). The van der Waals surface area contributed by atoms with Crippen LogP contribution in [0.5, 0.6) is 0 Å². The number of benzene rings is 1. The zero-order valence-electron chi connectivity index (χ0n) is 11.9. The number of amides is 2. The first-order valence-corrected chi connectivity index (χ1v) is 7.28. The van der Waals surface area contributed by atoms with Crippen LogP contribution in [0.4, 0.5) is 5.69 Å². The first-order valence-electron chi connectivity index (χ1n) is 7.28. The summed E-state index contributed by atoms with van der Waals surface area (Å²) in [5.74, 6) is -0.157. The number of anilines is 1. The Morgan fingerprint density at radius 1 is 1.10 bits per heavy atom. The van der Waals surface area contributed by atoms with Crippen molar-refractivity contribution in [1.82, 2.24) is 5.32 Å². The van der Waals surface area contributed by atoms with Crippen LogP contribution in [0.2, 0.25) is 0 Å². The van der Waals surface area contributed by atoms with Gasteiger partial charge in [0.1, 0.15) is 0 Å². The van der Waals surface area contributed by atoms with E-state index in [1.807, 2.05) is 31.3 Å². The minimum Gasteiger partial charge on any atom is -0.313 e. The van der Waals surface area contributed by atoms with Crippen LogP contribution in [0.25, 0.3) is 0 Å². The molecule has 20 heavy (non-hydrogen) atoms. The highest BCUT2D eigenvalue weighted by molar-refractivity contribution is 6.22. The van der Waals surface area contributed by atoms with E-state index in [4.69, 9.17) is 0 Å². The van der Waals surface area contributed by atoms with Gasteiger partial charge >= 0.3 is 0 Å². The fraction of sp³-hybridized carbons (Fsp3) is 0.500. The van der Waals surface area contributed by atoms with Crippen molar-refractivity contribution in [1.29, 1.82) is 0 Å². The monoisotopic (exact) mass is 272 g/mol. The first kappa shape index (κ1) is 13.3. The van der Waals surface area contributed by atoms with Gasteiger partial charge in [0, 0.05) is 6.04 Å². The summed E-state index contributed by atoms with van der Waals surface area (Å²) in [4.78, 5) is 26.1. The standard InChI is InChI=1S/C16H20N2O2/c1-10(17-2)11-6-8-12(9-7-11)18-15(19)13-4-3-5-14(13)16(18)20/h6-10,13-14,17H,3-5H2,1-2H3. The van der Waals surface area contributed by atoms with Gasteiger partial charge in [-0.2, -0.15) is 0 Å². The highest BCUT2D eigenvalue weighted by atomic mass is 16.2. The van der Waals surface area contributed by atoms with Crippen LogP contribution in [-0.2, 0) is 9.59 Å². The molecule has 1 aromatic carbocycles. The van der Waals surface area contributed by atoms with Gasteiger partial charge in [-0.05, 0) is 44.5 Å². The Morgan fingerprint density at radius 3 is 2.15 bits per heavy atom. The number of imide groups is 1. The summed E-state index contributed by atoms with van der Waals surface area (Å²) in [6, 6.07) is 7.96. The number of carbonyl (C=O) groups is 2. The quantitative estimate of drug-likeness (QED) is 0.859. The minimum atomic E-state index is -0.0709. The molecule has 1 saturated carbocycles. The van der Waals surface area contributed by atoms with Crippen LogP contribution in [0.15, 0.2) is 24.3 Å². The maximum Gasteiger partial charge on any atom is 0.237 e. The van der Waals surface area contributed by atoms with E-state index in [0.717, 1.165) is 24.8 Å². The van der Waals surface area contributed by atoms with E-state index < -0.39 is 0 Å². The molecule has 1 heterocycles.